The van der Waals surface area contributed by atoms with E-state index in [2.05, 4.69) is 35.5 Å². The molecule has 1 aliphatic carbocycles. The van der Waals surface area contributed by atoms with E-state index in [0.717, 1.165) is 17.7 Å². The third kappa shape index (κ3) is 4.42. The van der Waals surface area contributed by atoms with Gasteiger partial charge in [0.25, 0.3) is 5.91 Å². The van der Waals surface area contributed by atoms with Gasteiger partial charge in [0.15, 0.2) is 5.82 Å². The molecule has 1 fully saturated rings. The molecule has 190 valence electrons. The van der Waals surface area contributed by atoms with Crippen LogP contribution >= 0.6 is 0 Å². The smallest absolute Gasteiger partial charge is 0.253 e. The minimum atomic E-state index is -0.498. The number of hydrogen-bond acceptors (Lipinski definition) is 8. The Bertz CT molecular complexity index is 1600. The van der Waals surface area contributed by atoms with E-state index >= 15 is 0 Å². The molecule has 1 N–H and O–H groups in total. The predicted molar refractivity (Wildman–Crippen MR) is 136 cm³/mol. The number of carbonyl (C=O) groups excluding carboxylic acids is 1. The van der Waals surface area contributed by atoms with Gasteiger partial charge in [-0.25, -0.2) is 9.37 Å². The molecule has 0 saturated heterocycles. The largest absolute Gasteiger partial charge is 0.492 e. The lowest BCUT2D eigenvalue weighted by atomic mass is 9.79. The van der Waals surface area contributed by atoms with Crippen molar-refractivity contribution >= 4 is 16.9 Å². The standard InChI is InChI=1S/C27H23FN8O2/c1-2-38-20-3-4-22(31-15-20)26-35-34-25(36(26)19-5-8-29-9-6-19)16-11-18(12-16)33-27(37)21-7-10-30-23-13-17(28)14-32-24(21)23/h3-10,13-16,18H,2,11-12H2,1H3,(H,33,37). The summed E-state index contributed by atoms with van der Waals surface area (Å²) in [6.45, 7) is 2.48. The third-order valence-electron chi connectivity index (χ3n) is 6.51. The van der Waals surface area contributed by atoms with E-state index in [1.807, 2.05) is 35.8 Å². The van der Waals surface area contributed by atoms with Crippen molar-refractivity contribution in [3.05, 3.63) is 84.6 Å². The van der Waals surface area contributed by atoms with Crippen molar-refractivity contribution in [1.29, 1.82) is 0 Å². The lowest BCUT2D eigenvalue weighted by molar-refractivity contribution is 0.0908. The molecule has 0 spiro atoms. The van der Waals surface area contributed by atoms with E-state index in [0.29, 0.717) is 53.3 Å². The number of nitrogens with zero attached hydrogens (tertiary/aromatic N) is 7. The molecule has 6 rings (SSSR count). The Morgan fingerprint density at radius 2 is 1.89 bits per heavy atom. The van der Waals surface area contributed by atoms with Crippen LogP contribution in [0.1, 0.15) is 41.9 Å². The van der Waals surface area contributed by atoms with Crippen LogP contribution < -0.4 is 10.1 Å². The average Bonchev–Trinajstić information content (AvgIpc) is 3.35. The summed E-state index contributed by atoms with van der Waals surface area (Å²) >= 11 is 0. The van der Waals surface area contributed by atoms with Gasteiger partial charge in [-0.15, -0.1) is 10.2 Å². The van der Waals surface area contributed by atoms with E-state index in [1.54, 1.807) is 24.7 Å². The lowest BCUT2D eigenvalue weighted by Gasteiger charge is -2.35. The number of aromatic nitrogens is 7. The summed E-state index contributed by atoms with van der Waals surface area (Å²) in [5.74, 6) is 1.41. The van der Waals surface area contributed by atoms with Gasteiger partial charge < -0.3 is 10.1 Å². The van der Waals surface area contributed by atoms with Crippen LogP contribution in [-0.4, -0.2) is 53.3 Å². The Kier molecular flexibility index (Phi) is 6.16. The fourth-order valence-corrected chi connectivity index (χ4v) is 4.64. The molecular formula is C27H23FN8O2. The molecule has 38 heavy (non-hydrogen) atoms. The first-order valence-corrected chi connectivity index (χ1v) is 12.3. The maximum atomic E-state index is 13.5. The molecule has 0 unspecified atom stereocenters. The van der Waals surface area contributed by atoms with Crippen LogP contribution in [0.5, 0.6) is 5.75 Å². The number of carbonyl (C=O) groups is 1. The van der Waals surface area contributed by atoms with Crippen molar-refractivity contribution in [2.24, 2.45) is 0 Å². The van der Waals surface area contributed by atoms with E-state index in [-0.39, 0.29) is 17.9 Å². The number of pyridine rings is 4. The Morgan fingerprint density at radius 3 is 2.66 bits per heavy atom. The molecule has 11 heteroatoms. The van der Waals surface area contributed by atoms with Crippen LogP contribution in [0, 0.1) is 5.82 Å². The highest BCUT2D eigenvalue weighted by Gasteiger charge is 2.36. The highest BCUT2D eigenvalue weighted by Crippen LogP contribution is 2.38. The van der Waals surface area contributed by atoms with Crippen LogP contribution in [0.15, 0.2) is 67.4 Å². The van der Waals surface area contributed by atoms with Crippen molar-refractivity contribution in [3.8, 4) is 23.0 Å². The van der Waals surface area contributed by atoms with E-state index < -0.39 is 5.82 Å². The lowest BCUT2D eigenvalue weighted by Crippen LogP contribution is -2.44. The number of nitrogens with one attached hydrogen (secondary N) is 1. The molecule has 0 aromatic carbocycles. The minimum Gasteiger partial charge on any atom is -0.492 e. The average molecular weight is 511 g/mol. The zero-order valence-corrected chi connectivity index (χ0v) is 20.5. The van der Waals surface area contributed by atoms with E-state index in [9.17, 15) is 9.18 Å². The zero-order chi connectivity index (χ0) is 26.1. The Labute approximate surface area is 217 Å². The van der Waals surface area contributed by atoms with Gasteiger partial charge in [0, 0.05) is 36.6 Å². The SMILES string of the molecule is CCOc1ccc(-c2nnc(C3CC(NC(=O)c4ccnc5cc(F)cnc45)C3)n2-c2ccncc2)nc1. The summed E-state index contributed by atoms with van der Waals surface area (Å²) in [6.07, 6.45) is 9.06. The summed E-state index contributed by atoms with van der Waals surface area (Å²) in [6, 6.07) is 10.3. The van der Waals surface area contributed by atoms with E-state index in [4.69, 9.17) is 4.74 Å². The normalized spacial score (nSPS) is 16.7. The monoisotopic (exact) mass is 510 g/mol. The molecule has 5 aromatic heterocycles. The Morgan fingerprint density at radius 1 is 1.05 bits per heavy atom. The fraction of sp³-hybridized carbons (Fsp3) is 0.222. The summed E-state index contributed by atoms with van der Waals surface area (Å²) in [4.78, 5) is 29.9. The molecule has 10 nitrogen and oxygen atoms in total. The maximum Gasteiger partial charge on any atom is 0.253 e. The number of halogens is 1. The van der Waals surface area contributed by atoms with Crippen LogP contribution in [-0.2, 0) is 0 Å². The van der Waals surface area contributed by atoms with Crippen molar-refractivity contribution < 1.29 is 13.9 Å². The van der Waals surface area contributed by atoms with Gasteiger partial charge in [-0.2, -0.15) is 0 Å². The van der Waals surface area contributed by atoms with E-state index in [1.165, 1.54) is 12.3 Å². The van der Waals surface area contributed by atoms with Crippen LogP contribution in [0.2, 0.25) is 0 Å². The Hall–Kier alpha value is -4.80. The molecule has 0 radical (unpaired) electrons. The van der Waals surface area contributed by atoms with Crippen LogP contribution in [0.25, 0.3) is 28.2 Å². The van der Waals surface area contributed by atoms with Crippen molar-refractivity contribution in [1.82, 2.24) is 40.0 Å². The van der Waals surface area contributed by atoms with Gasteiger partial charge in [0.1, 0.15) is 28.6 Å². The fourth-order valence-electron chi connectivity index (χ4n) is 4.64. The molecule has 5 aromatic rings. The summed E-state index contributed by atoms with van der Waals surface area (Å²) in [5.41, 5.74) is 2.61. The van der Waals surface area contributed by atoms with Gasteiger partial charge in [-0.05, 0) is 50.1 Å². The first kappa shape index (κ1) is 23.6. The second-order valence-electron chi connectivity index (χ2n) is 8.95. The quantitative estimate of drug-likeness (QED) is 0.350. The molecule has 0 bridgehead atoms. The first-order chi connectivity index (χ1) is 18.6. The highest BCUT2D eigenvalue weighted by atomic mass is 19.1. The van der Waals surface area contributed by atoms with Gasteiger partial charge in [-0.1, -0.05) is 0 Å². The molecule has 5 heterocycles. The maximum absolute atomic E-state index is 13.5. The van der Waals surface area contributed by atoms with Crippen LogP contribution in [0.3, 0.4) is 0 Å². The third-order valence-corrected chi connectivity index (χ3v) is 6.51. The van der Waals surface area contributed by atoms with Gasteiger partial charge in [0.2, 0.25) is 0 Å². The molecule has 0 atom stereocenters. The number of hydrogen-bond donors (Lipinski definition) is 1. The second kappa shape index (κ2) is 9.92. The topological polar surface area (TPSA) is 121 Å². The van der Waals surface area contributed by atoms with Gasteiger partial charge in [-0.3, -0.25) is 24.3 Å². The van der Waals surface area contributed by atoms with Crippen molar-refractivity contribution in [3.63, 3.8) is 0 Å². The number of rotatable bonds is 7. The highest BCUT2D eigenvalue weighted by molar-refractivity contribution is 6.04. The molecule has 0 aliphatic heterocycles. The van der Waals surface area contributed by atoms with Gasteiger partial charge >= 0.3 is 0 Å². The summed E-state index contributed by atoms with van der Waals surface area (Å²) < 4.78 is 21.0. The number of ether oxygens (including phenoxy) is 1. The number of amides is 1. The van der Waals surface area contributed by atoms with Crippen molar-refractivity contribution in [2.45, 2.75) is 31.7 Å². The zero-order valence-electron chi connectivity index (χ0n) is 20.5. The molecular weight excluding hydrogens is 487 g/mol. The molecule has 1 aliphatic rings. The minimum absolute atomic E-state index is 0.0502. The molecule has 1 saturated carbocycles. The molecule has 1 amide bonds. The Balaban J connectivity index is 1.23. The van der Waals surface area contributed by atoms with Crippen LogP contribution in [0.4, 0.5) is 4.39 Å². The second-order valence-corrected chi connectivity index (χ2v) is 8.95. The summed E-state index contributed by atoms with van der Waals surface area (Å²) in [5, 5.41) is 12.1. The van der Waals surface area contributed by atoms with Crippen molar-refractivity contribution in [2.75, 3.05) is 6.61 Å². The first-order valence-electron chi connectivity index (χ1n) is 12.3. The van der Waals surface area contributed by atoms with Gasteiger partial charge in [0.05, 0.1) is 35.8 Å². The summed E-state index contributed by atoms with van der Waals surface area (Å²) in [7, 11) is 0. The predicted octanol–water partition coefficient (Wildman–Crippen LogP) is 3.88. The number of fused-ring (bicyclic) bond motifs is 1.